The van der Waals surface area contributed by atoms with E-state index in [2.05, 4.69) is 0 Å². The summed E-state index contributed by atoms with van der Waals surface area (Å²) in [5, 5.41) is 0. The number of thioether (sulfide) groups is 1. The van der Waals surface area contributed by atoms with Crippen molar-refractivity contribution in [2.45, 2.75) is 24.4 Å². The van der Waals surface area contributed by atoms with E-state index in [9.17, 15) is 4.39 Å². The van der Waals surface area contributed by atoms with Crippen LogP contribution in [-0.2, 0) is 0 Å². The Kier molecular flexibility index (Phi) is 3.20. The number of para-hydroxylation sites is 1. The van der Waals surface area contributed by atoms with Gasteiger partial charge >= 0.3 is 0 Å². The number of hydrogen-bond donors (Lipinski definition) is 1. The average Bonchev–Trinajstić information content (AvgIpc) is 2.01. The van der Waals surface area contributed by atoms with E-state index in [1.807, 2.05) is 24.3 Å². The quantitative estimate of drug-likeness (QED) is 0.598. The lowest BCUT2D eigenvalue weighted by atomic mass is 10.2. The number of benzene rings is 1. The van der Waals surface area contributed by atoms with Crippen LogP contribution in [0.5, 0.6) is 0 Å². The van der Waals surface area contributed by atoms with Gasteiger partial charge in [0.05, 0.1) is 0 Å². The number of halogens is 1. The maximum absolute atomic E-state index is 13.1. The van der Waals surface area contributed by atoms with Gasteiger partial charge in [0, 0.05) is 16.3 Å². The van der Waals surface area contributed by atoms with Gasteiger partial charge < -0.3 is 5.73 Å². The molecule has 0 aliphatic heterocycles. The van der Waals surface area contributed by atoms with Crippen molar-refractivity contribution in [2.75, 3.05) is 11.5 Å². The molecule has 72 valence electrons. The van der Waals surface area contributed by atoms with Gasteiger partial charge in [0.2, 0.25) is 0 Å². The third-order valence-electron chi connectivity index (χ3n) is 1.49. The number of anilines is 1. The topological polar surface area (TPSA) is 26.0 Å². The number of rotatable bonds is 3. The molecule has 1 nitrogen and oxygen atoms in total. The summed E-state index contributed by atoms with van der Waals surface area (Å²) in [7, 11) is 0. The van der Waals surface area contributed by atoms with Crippen LogP contribution in [0, 0.1) is 0 Å². The van der Waals surface area contributed by atoms with Crippen LogP contribution in [-0.4, -0.2) is 11.4 Å². The normalized spacial score (nSPS) is 11.6. The predicted molar refractivity (Wildman–Crippen MR) is 56.8 cm³/mol. The van der Waals surface area contributed by atoms with E-state index in [1.54, 1.807) is 13.8 Å². The molecule has 13 heavy (non-hydrogen) atoms. The lowest BCUT2D eigenvalue weighted by molar-refractivity contribution is 0.253. The lowest BCUT2D eigenvalue weighted by Gasteiger charge is -2.13. The van der Waals surface area contributed by atoms with E-state index < -0.39 is 5.67 Å². The molecule has 1 aromatic rings. The molecule has 1 aromatic carbocycles. The van der Waals surface area contributed by atoms with Gasteiger partial charge in [-0.25, -0.2) is 4.39 Å². The average molecular weight is 199 g/mol. The van der Waals surface area contributed by atoms with Crippen molar-refractivity contribution < 1.29 is 4.39 Å². The third-order valence-corrected chi connectivity index (χ3v) is 3.00. The summed E-state index contributed by atoms with van der Waals surface area (Å²) in [6.45, 7) is 3.14. The van der Waals surface area contributed by atoms with Crippen molar-refractivity contribution in [2.24, 2.45) is 0 Å². The van der Waals surface area contributed by atoms with E-state index in [0.29, 0.717) is 5.75 Å². The van der Waals surface area contributed by atoms with E-state index in [4.69, 9.17) is 5.73 Å². The minimum atomic E-state index is -1.15. The maximum atomic E-state index is 13.1. The third kappa shape index (κ3) is 3.68. The predicted octanol–water partition coefficient (Wildman–Crippen LogP) is 3.11. The first-order valence-electron chi connectivity index (χ1n) is 4.15. The van der Waals surface area contributed by atoms with Gasteiger partial charge in [0.1, 0.15) is 5.67 Å². The molecule has 0 fully saturated rings. The first kappa shape index (κ1) is 10.4. The Balaban J connectivity index is 2.60. The highest BCUT2D eigenvalue weighted by Gasteiger charge is 2.15. The van der Waals surface area contributed by atoms with Gasteiger partial charge in [-0.15, -0.1) is 11.8 Å². The molecular formula is C10H14FNS. The highest BCUT2D eigenvalue weighted by Crippen LogP contribution is 2.28. The Hall–Kier alpha value is -0.700. The Bertz CT molecular complexity index is 280. The van der Waals surface area contributed by atoms with Crippen LogP contribution in [0.2, 0.25) is 0 Å². The first-order chi connectivity index (χ1) is 5.99. The summed E-state index contributed by atoms with van der Waals surface area (Å²) in [4.78, 5) is 0.952. The fraction of sp³-hybridized carbons (Fsp3) is 0.400. The molecule has 0 atom stereocenters. The van der Waals surface area contributed by atoms with Crippen LogP contribution in [0.1, 0.15) is 13.8 Å². The van der Waals surface area contributed by atoms with E-state index >= 15 is 0 Å². The van der Waals surface area contributed by atoms with E-state index in [1.165, 1.54) is 11.8 Å². The summed E-state index contributed by atoms with van der Waals surface area (Å²) < 4.78 is 13.1. The first-order valence-corrected chi connectivity index (χ1v) is 5.14. The van der Waals surface area contributed by atoms with Crippen LogP contribution in [0.25, 0.3) is 0 Å². The SMILES string of the molecule is CC(C)(F)CSc1ccccc1N. The Morgan fingerprint density at radius 2 is 2.00 bits per heavy atom. The molecule has 0 unspecified atom stereocenters. The van der Waals surface area contributed by atoms with Crippen LogP contribution in [0.15, 0.2) is 29.2 Å². The molecule has 3 heteroatoms. The zero-order chi connectivity index (χ0) is 9.90. The van der Waals surface area contributed by atoms with Crippen molar-refractivity contribution in [3.05, 3.63) is 24.3 Å². The summed E-state index contributed by atoms with van der Waals surface area (Å²) >= 11 is 1.45. The Morgan fingerprint density at radius 1 is 1.38 bits per heavy atom. The summed E-state index contributed by atoms with van der Waals surface area (Å²) in [6.07, 6.45) is 0. The second-order valence-corrected chi connectivity index (χ2v) is 4.56. The Labute approximate surface area is 82.5 Å². The molecule has 0 saturated carbocycles. The second kappa shape index (κ2) is 4.01. The molecule has 0 spiro atoms. The van der Waals surface area contributed by atoms with Crippen molar-refractivity contribution >= 4 is 17.4 Å². The molecule has 0 saturated heterocycles. The van der Waals surface area contributed by atoms with Crippen molar-refractivity contribution in [1.82, 2.24) is 0 Å². The van der Waals surface area contributed by atoms with Crippen LogP contribution in [0.3, 0.4) is 0 Å². The van der Waals surface area contributed by atoms with Crippen molar-refractivity contribution in [3.8, 4) is 0 Å². The summed E-state index contributed by atoms with van der Waals surface area (Å²) in [5.41, 5.74) is 5.28. The number of alkyl halides is 1. The van der Waals surface area contributed by atoms with Crippen LogP contribution < -0.4 is 5.73 Å². The fourth-order valence-electron chi connectivity index (χ4n) is 0.861. The molecule has 1 rings (SSSR count). The minimum absolute atomic E-state index is 0.432. The fourth-order valence-corrected chi connectivity index (χ4v) is 1.77. The monoisotopic (exact) mass is 199 g/mol. The van der Waals surface area contributed by atoms with Gasteiger partial charge in [-0.2, -0.15) is 0 Å². The molecular weight excluding hydrogens is 185 g/mol. The molecule has 0 aliphatic rings. The molecule has 0 bridgehead atoms. The smallest absolute Gasteiger partial charge is 0.114 e. The molecule has 0 radical (unpaired) electrons. The molecule has 0 heterocycles. The highest BCUT2D eigenvalue weighted by molar-refractivity contribution is 7.99. The number of nitrogen functional groups attached to an aromatic ring is 1. The standard InChI is InChI=1S/C10H14FNS/c1-10(2,11)7-13-9-6-4-3-5-8(9)12/h3-6H,7,12H2,1-2H3. The van der Waals surface area contributed by atoms with Crippen molar-refractivity contribution in [3.63, 3.8) is 0 Å². The maximum Gasteiger partial charge on any atom is 0.114 e. The van der Waals surface area contributed by atoms with Gasteiger partial charge in [0.15, 0.2) is 0 Å². The lowest BCUT2D eigenvalue weighted by Crippen LogP contribution is -2.15. The van der Waals surface area contributed by atoms with Gasteiger partial charge in [-0.1, -0.05) is 12.1 Å². The molecule has 0 amide bonds. The minimum Gasteiger partial charge on any atom is -0.398 e. The van der Waals surface area contributed by atoms with Gasteiger partial charge in [-0.3, -0.25) is 0 Å². The van der Waals surface area contributed by atoms with Crippen LogP contribution >= 0.6 is 11.8 Å². The van der Waals surface area contributed by atoms with E-state index in [0.717, 1.165) is 10.6 Å². The van der Waals surface area contributed by atoms with E-state index in [-0.39, 0.29) is 0 Å². The second-order valence-electron chi connectivity index (χ2n) is 3.55. The number of nitrogens with two attached hydrogens (primary N) is 1. The zero-order valence-corrected chi connectivity index (χ0v) is 8.70. The highest BCUT2D eigenvalue weighted by atomic mass is 32.2. The summed E-state index contributed by atoms with van der Waals surface area (Å²) in [5.74, 6) is 0.432. The number of hydrogen-bond acceptors (Lipinski definition) is 2. The van der Waals surface area contributed by atoms with Crippen molar-refractivity contribution in [1.29, 1.82) is 0 Å². The molecule has 0 aromatic heterocycles. The zero-order valence-electron chi connectivity index (χ0n) is 7.88. The Morgan fingerprint density at radius 3 is 2.54 bits per heavy atom. The van der Waals surface area contributed by atoms with Crippen LogP contribution in [0.4, 0.5) is 10.1 Å². The van der Waals surface area contributed by atoms with Gasteiger partial charge in [-0.05, 0) is 26.0 Å². The summed E-state index contributed by atoms with van der Waals surface area (Å²) in [6, 6.07) is 7.52. The molecule has 0 aliphatic carbocycles. The van der Waals surface area contributed by atoms with Gasteiger partial charge in [0.25, 0.3) is 0 Å². The molecule has 2 N–H and O–H groups in total. The largest absolute Gasteiger partial charge is 0.398 e.